The van der Waals surface area contributed by atoms with Gasteiger partial charge in [0, 0.05) is 13.1 Å². The van der Waals surface area contributed by atoms with Gasteiger partial charge in [0.05, 0.1) is 19.3 Å². The third-order valence-electron chi connectivity index (χ3n) is 2.48. The minimum Gasteiger partial charge on any atom is -0.469 e. The first-order valence-electron chi connectivity index (χ1n) is 5.46. The lowest BCUT2D eigenvalue weighted by Gasteiger charge is -2.14. The van der Waals surface area contributed by atoms with Crippen LogP contribution in [0.3, 0.4) is 0 Å². The second-order valence-corrected chi connectivity index (χ2v) is 5.71. The summed E-state index contributed by atoms with van der Waals surface area (Å²) in [5.41, 5.74) is 1.07. The second kappa shape index (κ2) is 6.73. The molecule has 0 aromatic rings. The lowest BCUT2D eigenvalue weighted by molar-refractivity contribution is -0.140. The Morgan fingerprint density at radius 1 is 1.59 bits per heavy atom. The van der Waals surface area contributed by atoms with Crippen LogP contribution in [0.1, 0.15) is 12.8 Å². The van der Waals surface area contributed by atoms with Gasteiger partial charge in [0.1, 0.15) is 0 Å². The number of carbonyl (C=O) groups is 1. The fourth-order valence-corrected chi connectivity index (χ4v) is 2.41. The zero-order valence-corrected chi connectivity index (χ0v) is 10.7. The Morgan fingerprint density at radius 3 is 2.94 bits per heavy atom. The third kappa shape index (κ3) is 5.81. The molecule has 0 saturated carbocycles. The molecule has 0 fully saturated rings. The highest BCUT2D eigenvalue weighted by Gasteiger charge is 2.14. The van der Waals surface area contributed by atoms with Crippen molar-refractivity contribution < 1.29 is 17.9 Å². The molecule has 17 heavy (non-hydrogen) atoms. The summed E-state index contributed by atoms with van der Waals surface area (Å²) in [5, 5.41) is 3.14. The van der Waals surface area contributed by atoms with Gasteiger partial charge in [-0.3, -0.25) is 4.79 Å². The molecule has 0 atom stereocenters. The third-order valence-corrected chi connectivity index (χ3v) is 3.81. The highest BCUT2D eigenvalue weighted by atomic mass is 32.2. The molecule has 0 spiro atoms. The minimum absolute atomic E-state index is 0.119. The standard InChI is InChI=1S/C10H18N2O4S/c1-16-10(13)4-7-17(14,15)12-8-9-2-5-11-6-3-9/h2,11-12H,3-8H2,1H3. The molecular formula is C10H18N2O4S. The van der Waals surface area contributed by atoms with Gasteiger partial charge in [0.2, 0.25) is 10.0 Å². The topological polar surface area (TPSA) is 84.5 Å². The average Bonchev–Trinajstić information content (AvgIpc) is 2.35. The van der Waals surface area contributed by atoms with Crippen molar-refractivity contribution in [2.45, 2.75) is 12.8 Å². The van der Waals surface area contributed by atoms with E-state index in [0.717, 1.165) is 25.1 Å². The van der Waals surface area contributed by atoms with Crippen LogP contribution < -0.4 is 10.0 Å². The van der Waals surface area contributed by atoms with E-state index >= 15 is 0 Å². The zero-order valence-electron chi connectivity index (χ0n) is 9.86. The zero-order chi connectivity index (χ0) is 12.7. The summed E-state index contributed by atoms with van der Waals surface area (Å²) in [6, 6.07) is 0. The highest BCUT2D eigenvalue weighted by Crippen LogP contribution is 2.03. The van der Waals surface area contributed by atoms with Gasteiger partial charge in [-0.1, -0.05) is 11.6 Å². The molecule has 98 valence electrons. The summed E-state index contributed by atoms with van der Waals surface area (Å²) in [7, 11) is -2.16. The van der Waals surface area contributed by atoms with Crippen molar-refractivity contribution in [1.82, 2.24) is 10.0 Å². The largest absolute Gasteiger partial charge is 0.469 e. The Kier molecular flexibility index (Phi) is 5.60. The minimum atomic E-state index is -3.40. The van der Waals surface area contributed by atoms with Gasteiger partial charge in [-0.05, 0) is 13.0 Å². The van der Waals surface area contributed by atoms with Crippen LogP contribution in [0, 0.1) is 0 Å². The van der Waals surface area contributed by atoms with Crippen molar-refractivity contribution >= 4 is 16.0 Å². The van der Waals surface area contributed by atoms with E-state index in [9.17, 15) is 13.2 Å². The van der Waals surface area contributed by atoms with Gasteiger partial charge >= 0.3 is 5.97 Å². The molecular weight excluding hydrogens is 244 g/mol. The predicted octanol–water partition coefficient (Wildman–Crippen LogP) is -0.611. The molecule has 0 bridgehead atoms. The van der Waals surface area contributed by atoms with E-state index < -0.39 is 16.0 Å². The monoisotopic (exact) mass is 262 g/mol. The maximum Gasteiger partial charge on any atom is 0.306 e. The van der Waals surface area contributed by atoms with Crippen LogP contribution >= 0.6 is 0 Å². The number of methoxy groups -OCH3 is 1. The van der Waals surface area contributed by atoms with Crippen LogP contribution in [0.5, 0.6) is 0 Å². The van der Waals surface area contributed by atoms with E-state index in [1.807, 2.05) is 6.08 Å². The van der Waals surface area contributed by atoms with E-state index in [4.69, 9.17) is 0 Å². The Labute approximate surface area is 101 Å². The number of carbonyl (C=O) groups excluding carboxylic acids is 1. The fraction of sp³-hybridized carbons (Fsp3) is 0.700. The first kappa shape index (κ1) is 14.1. The van der Waals surface area contributed by atoms with Gasteiger partial charge in [-0.2, -0.15) is 0 Å². The molecule has 0 aromatic heterocycles. The van der Waals surface area contributed by atoms with Gasteiger partial charge < -0.3 is 10.1 Å². The van der Waals surface area contributed by atoms with Crippen molar-refractivity contribution in [3.63, 3.8) is 0 Å². The van der Waals surface area contributed by atoms with Crippen LogP contribution in [-0.2, 0) is 19.6 Å². The molecule has 0 amide bonds. The number of ether oxygens (including phenoxy) is 1. The van der Waals surface area contributed by atoms with Crippen LogP contribution in [0.2, 0.25) is 0 Å². The smallest absolute Gasteiger partial charge is 0.306 e. The van der Waals surface area contributed by atoms with Gasteiger partial charge in [-0.25, -0.2) is 13.1 Å². The van der Waals surface area contributed by atoms with E-state index in [-0.39, 0.29) is 12.2 Å². The lowest BCUT2D eigenvalue weighted by Crippen LogP contribution is -2.31. The molecule has 2 N–H and O–H groups in total. The number of nitrogens with one attached hydrogen (secondary N) is 2. The van der Waals surface area contributed by atoms with Crippen LogP contribution in [-0.4, -0.2) is 46.9 Å². The molecule has 0 unspecified atom stereocenters. The number of rotatable bonds is 6. The molecule has 0 saturated heterocycles. The molecule has 0 radical (unpaired) electrons. The van der Waals surface area contributed by atoms with Crippen molar-refractivity contribution in [1.29, 1.82) is 0 Å². The fourth-order valence-electron chi connectivity index (χ4n) is 1.42. The number of hydrogen-bond acceptors (Lipinski definition) is 5. The molecule has 1 aliphatic heterocycles. The Hall–Kier alpha value is -0.920. The molecule has 0 aromatic carbocycles. The molecule has 1 heterocycles. The molecule has 7 heteroatoms. The summed E-state index contributed by atoms with van der Waals surface area (Å²) < 4.78 is 29.9. The maximum absolute atomic E-state index is 11.5. The van der Waals surface area contributed by atoms with E-state index in [1.165, 1.54) is 7.11 Å². The summed E-state index contributed by atoms with van der Waals surface area (Å²) in [6.07, 6.45) is 2.71. The Balaban J connectivity index is 2.33. The normalized spacial score (nSPS) is 16.4. The Morgan fingerprint density at radius 2 is 2.35 bits per heavy atom. The first-order chi connectivity index (χ1) is 8.03. The average molecular weight is 262 g/mol. The molecule has 1 aliphatic rings. The molecule has 6 nitrogen and oxygen atoms in total. The summed E-state index contributed by atoms with van der Waals surface area (Å²) in [4.78, 5) is 10.8. The highest BCUT2D eigenvalue weighted by molar-refractivity contribution is 7.89. The quantitative estimate of drug-likeness (QED) is 0.493. The van der Waals surface area contributed by atoms with Crippen LogP contribution in [0.4, 0.5) is 0 Å². The number of hydrogen-bond donors (Lipinski definition) is 2. The summed E-state index contributed by atoms with van der Waals surface area (Å²) >= 11 is 0. The van der Waals surface area contributed by atoms with Crippen molar-refractivity contribution in [3.05, 3.63) is 11.6 Å². The van der Waals surface area contributed by atoms with Crippen LogP contribution in [0.25, 0.3) is 0 Å². The summed E-state index contributed by atoms with van der Waals surface area (Å²) in [6.45, 7) is 1.97. The maximum atomic E-state index is 11.5. The lowest BCUT2D eigenvalue weighted by atomic mass is 10.1. The first-order valence-corrected chi connectivity index (χ1v) is 7.11. The molecule has 1 rings (SSSR count). The van der Waals surface area contributed by atoms with E-state index in [2.05, 4.69) is 14.8 Å². The Bertz CT molecular complexity index is 389. The summed E-state index contributed by atoms with van der Waals surface area (Å²) in [5.74, 6) is -0.748. The van der Waals surface area contributed by atoms with Crippen molar-refractivity contribution in [2.75, 3.05) is 32.5 Å². The van der Waals surface area contributed by atoms with Gasteiger partial charge in [0.15, 0.2) is 0 Å². The van der Waals surface area contributed by atoms with E-state index in [1.54, 1.807) is 0 Å². The van der Waals surface area contributed by atoms with Crippen molar-refractivity contribution in [2.24, 2.45) is 0 Å². The SMILES string of the molecule is COC(=O)CCS(=O)(=O)NCC1=CCNCC1. The number of sulfonamides is 1. The predicted molar refractivity (Wildman–Crippen MR) is 64.0 cm³/mol. The van der Waals surface area contributed by atoms with Crippen LogP contribution in [0.15, 0.2) is 11.6 Å². The van der Waals surface area contributed by atoms with Crippen molar-refractivity contribution in [3.8, 4) is 0 Å². The van der Waals surface area contributed by atoms with Gasteiger partial charge in [-0.15, -0.1) is 0 Å². The van der Waals surface area contributed by atoms with E-state index in [0.29, 0.717) is 6.54 Å². The number of esters is 1. The van der Waals surface area contributed by atoms with Gasteiger partial charge in [0.25, 0.3) is 0 Å². The second-order valence-electron chi connectivity index (χ2n) is 3.78. The molecule has 0 aliphatic carbocycles.